The predicted molar refractivity (Wildman–Crippen MR) is 94.0 cm³/mol. The minimum atomic E-state index is -0.122. The molecule has 0 atom stereocenters. The largest absolute Gasteiger partial charge is 0.354 e. The molecule has 8 heteroatoms. The van der Waals surface area contributed by atoms with Crippen LogP contribution in [-0.4, -0.2) is 37.4 Å². The third-order valence-electron chi connectivity index (χ3n) is 3.87. The van der Waals surface area contributed by atoms with Gasteiger partial charge in [-0.05, 0) is 18.2 Å². The van der Waals surface area contributed by atoms with Crippen LogP contribution in [0, 0.1) is 0 Å². The van der Waals surface area contributed by atoms with Crippen LogP contribution in [0.15, 0.2) is 59.4 Å². The van der Waals surface area contributed by atoms with E-state index in [0.717, 1.165) is 10.9 Å². The van der Waals surface area contributed by atoms with E-state index in [2.05, 4.69) is 25.5 Å². The fraction of sp³-hybridized carbons (Fsp3) is 0.167. The van der Waals surface area contributed by atoms with Gasteiger partial charge < -0.3 is 9.84 Å². The highest BCUT2D eigenvalue weighted by Crippen LogP contribution is 2.13. The van der Waals surface area contributed by atoms with Crippen LogP contribution in [0.25, 0.3) is 22.4 Å². The molecule has 4 rings (SSSR count). The SMILES string of the molecule is O=C(Cn1ncc2ccccc21)NCCc1nc(-c2ccccn2)no1. The molecule has 1 aromatic carbocycles. The van der Waals surface area contributed by atoms with E-state index in [0.29, 0.717) is 30.4 Å². The van der Waals surface area contributed by atoms with E-state index >= 15 is 0 Å². The molecule has 4 aromatic rings. The number of rotatable bonds is 6. The Morgan fingerprint density at radius 2 is 2.04 bits per heavy atom. The average molecular weight is 348 g/mol. The molecule has 3 aromatic heterocycles. The standard InChI is InChI=1S/C18H16N6O2/c25-16(12-24-15-7-2-1-5-13(15)11-21-24)20-10-8-17-22-18(23-26-17)14-6-3-4-9-19-14/h1-7,9,11H,8,10,12H2,(H,20,25). The number of nitrogens with one attached hydrogen (secondary N) is 1. The molecule has 0 saturated carbocycles. The van der Waals surface area contributed by atoms with Crippen molar-refractivity contribution >= 4 is 16.8 Å². The third-order valence-corrected chi connectivity index (χ3v) is 3.87. The lowest BCUT2D eigenvalue weighted by Gasteiger charge is -2.05. The molecular weight excluding hydrogens is 332 g/mol. The molecule has 0 aliphatic rings. The van der Waals surface area contributed by atoms with Crippen molar-refractivity contribution in [3.63, 3.8) is 0 Å². The zero-order valence-corrected chi connectivity index (χ0v) is 13.9. The normalized spacial score (nSPS) is 10.9. The molecule has 1 N–H and O–H groups in total. The van der Waals surface area contributed by atoms with Crippen molar-refractivity contribution in [2.24, 2.45) is 0 Å². The number of carbonyl (C=O) groups excluding carboxylic acids is 1. The molecule has 0 bridgehead atoms. The van der Waals surface area contributed by atoms with E-state index in [-0.39, 0.29) is 12.5 Å². The highest BCUT2D eigenvalue weighted by molar-refractivity contribution is 5.81. The van der Waals surface area contributed by atoms with Gasteiger partial charge in [0, 0.05) is 24.5 Å². The molecule has 8 nitrogen and oxygen atoms in total. The summed E-state index contributed by atoms with van der Waals surface area (Å²) in [6, 6.07) is 13.3. The summed E-state index contributed by atoms with van der Waals surface area (Å²) >= 11 is 0. The Hall–Kier alpha value is -3.55. The minimum absolute atomic E-state index is 0.122. The topological polar surface area (TPSA) is 98.7 Å². The van der Waals surface area contributed by atoms with Gasteiger partial charge in [-0.25, -0.2) is 0 Å². The lowest BCUT2D eigenvalue weighted by atomic mass is 10.2. The number of amides is 1. The Labute approximate surface area is 148 Å². The molecule has 0 unspecified atom stereocenters. The van der Waals surface area contributed by atoms with Gasteiger partial charge in [0.05, 0.1) is 11.7 Å². The summed E-state index contributed by atoms with van der Waals surface area (Å²) in [6.07, 6.45) is 3.87. The van der Waals surface area contributed by atoms with Gasteiger partial charge in [0.15, 0.2) is 0 Å². The zero-order valence-electron chi connectivity index (χ0n) is 13.9. The van der Waals surface area contributed by atoms with Crippen LogP contribution in [0.3, 0.4) is 0 Å². The summed E-state index contributed by atoms with van der Waals surface area (Å²) in [5.74, 6) is 0.772. The fourth-order valence-electron chi connectivity index (χ4n) is 2.61. The van der Waals surface area contributed by atoms with Crippen LogP contribution in [0.2, 0.25) is 0 Å². The lowest BCUT2D eigenvalue weighted by Crippen LogP contribution is -2.29. The van der Waals surface area contributed by atoms with Crippen molar-refractivity contribution in [1.82, 2.24) is 30.2 Å². The number of nitrogens with zero attached hydrogens (tertiary/aromatic N) is 5. The summed E-state index contributed by atoms with van der Waals surface area (Å²) in [5.41, 5.74) is 1.58. The van der Waals surface area contributed by atoms with E-state index in [1.807, 2.05) is 42.5 Å². The number of fused-ring (bicyclic) bond motifs is 1. The number of aromatic nitrogens is 5. The van der Waals surface area contributed by atoms with Gasteiger partial charge in [0.25, 0.3) is 0 Å². The highest BCUT2D eigenvalue weighted by atomic mass is 16.5. The van der Waals surface area contributed by atoms with E-state index in [1.54, 1.807) is 17.1 Å². The number of pyridine rings is 1. The molecule has 0 spiro atoms. The van der Waals surface area contributed by atoms with Crippen LogP contribution in [-0.2, 0) is 17.8 Å². The quantitative estimate of drug-likeness (QED) is 0.571. The van der Waals surface area contributed by atoms with Crippen LogP contribution >= 0.6 is 0 Å². The Morgan fingerprint density at radius 1 is 1.15 bits per heavy atom. The first kappa shape index (κ1) is 15.9. The second kappa shape index (κ2) is 7.14. The first-order valence-electron chi connectivity index (χ1n) is 8.21. The van der Waals surface area contributed by atoms with Gasteiger partial charge in [0.2, 0.25) is 17.6 Å². The summed E-state index contributed by atoms with van der Waals surface area (Å²) in [4.78, 5) is 20.6. The Morgan fingerprint density at radius 3 is 2.92 bits per heavy atom. The Balaban J connectivity index is 1.31. The second-order valence-electron chi connectivity index (χ2n) is 5.69. The van der Waals surface area contributed by atoms with E-state index in [9.17, 15) is 4.79 Å². The minimum Gasteiger partial charge on any atom is -0.354 e. The summed E-state index contributed by atoms with van der Waals surface area (Å²) in [7, 11) is 0. The predicted octanol–water partition coefficient (Wildman–Crippen LogP) is 1.84. The molecule has 0 radical (unpaired) electrons. The van der Waals surface area contributed by atoms with Gasteiger partial charge in [-0.15, -0.1) is 0 Å². The van der Waals surface area contributed by atoms with Crippen molar-refractivity contribution < 1.29 is 9.32 Å². The van der Waals surface area contributed by atoms with Crippen LogP contribution < -0.4 is 5.32 Å². The van der Waals surface area contributed by atoms with Crippen molar-refractivity contribution in [3.05, 3.63) is 60.7 Å². The zero-order chi connectivity index (χ0) is 17.8. The summed E-state index contributed by atoms with van der Waals surface area (Å²) in [6.45, 7) is 0.568. The third kappa shape index (κ3) is 3.44. The van der Waals surface area contributed by atoms with Gasteiger partial charge in [-0.1, -0.05) is 29.4 Å². The monoisotopic (exact) mass is 348 g/mol. The van der Waals surface area contributed by atoms with Crippen molar-refractivity contribution in [2.75, 3.05) is 6.54 Å². The lowest BCUT2D eigenvalue weighted by molar-refractivity contribution is -0.121. The number of carbonyl (C=O) groups is 1. The first-order chi connectivity index (χ1) is 12.8. The van der Waals surface area contributed by atoms with Gasteiger partial charge in [0.1, 0.15) is 12.2 Å². The molecule has 26 heavy (non-hydrogen) atoms. The number of benzene rings is 1. The molecule has 0 saturated heterocycles. The maximum atomic E-state index is 12.1. The summed E-state index contributed by atoms with van der Waals surface area (Å²) in [5, 5.41) is 12.0. The molecule has 0 fully saturated rings. The Kier molecular flexibility index (Phi) is 4.38. The molecule has 130 valence electrons. The molecule has 0 aliphatic carbocycles. The maximum Gasteiger partial charge on any atom is 0.241 e. The van der Waals surface area contributed by atoms with E-state index in [1.165, 1.54) is 0 Å². The number of hydrogen-bond donors (Lipinski definition) is 1. The van der Waals surface area contributed by atoms with Crippen LogP contribution in [0.1, 0.15) is 5.89 Å². The highest BCUT2D eigenvalue weighted by Gasteiger charge is 2.11. The molecular formula is C18H16N6O2. The maximum absolute atomic E-state index is 12.1. The second-order valence-corrected chi connectivity index (χ2v) is 5.69. The smallest absolute Gasteiger partial charge is 0.241 e. The number of hydrogen-bond acceptors (Lipinski definition) is 6. The van der Waals surface area contributed by atoms with Gasteiger partial charge >= 0.3 is 0 Å². The average Bonchev–Trinajstić information content (AvgIpc) is 3.30. The molecule has 1 amide bonds. The first-order valence-corrected chi connectivity index (χ1v) is 8.21. The molecule has 0 aliphatic heterocycles. The Bertz CT molecular complexity index is 1020. The molecule has 3 heterocycles. The van der Waals surface area contributed by atoms with Gasteiger partial charge in [-0.2, -0.15) is 10.1 Å². The van der Waals surface area contributed by atoms with E-state index < -0.39 is 0 Å². The van der Waals surface area contributed by atoms with Crippen LogP contribution in [0.5, 0.6) is 0 Å². The van der Waals surface area contributed by atoms with Crippen molar-refractivity contribution in [2.45, 2.75) is 13.0 Å². The fourth-order valence-corrected chi connectivity index (χ4v) is 2.61. The van der Waals surface area contributed by atoms with Gasteiger partial charge in [-0.3, -0.25) is 14.5 Å². The number of para-hydroxylation sites is 1. The van der Waals surface area contributed by atoms with Crippen LogP contribution in [0.4, 0.5) is 0 Å². The van der Waals surface area contributed by atoms with Crippen molar-refractivity contribution in [1.29, 1.82) is 0 Å². The van der Waals surface area contributed by atoms with Crippen molar-refractivity contribution in [3.8, 4) is 11.5 Å². The summed E-state index contributed by atoms with van der Waals surface area (Å²) < 4.78 is 6.87. The van der Waals surface area contributed by atoms with E-state index in [4.69, 9.17) is 4.52 Å².